The van der Waals surface area contributed by atoms with Crippen LogP contribution >= 0.6 is 0 Å². The third-order valence-corrected chi connectivity index (χ3v) is 5.60. The molecule has 0 saturated carbocycles. The number of hydrogen-bond donors (Lipinski definition) is 1. The van der Waals surface area contributed by atoms with Gasteiger partial charge in [-0.1, -0.05) is 60.7 Å². The molecule has 1 aliphatic rings. The van der Waals surface area contributed by atoms with Gasteiger partial charge in [0.2, 0.25) is 5.91 Å². The molecule has 4 aromatic carbocycles. The average Bonchev–Trinajstić information content (AvgIpc) is 3.01. The first-order chi connectivity index (χ1) is 14.1. The van der Waals surface area contributed by atoms with Gasteiger partial charge in [-0.15, -0.1) is 0 Å². The van der Waals surface area contributed by atoms with Crippen molar-refractivity contribution in [3.05, 3.63) is 90.0 Å². The number of amides is 2. The predicted octanol–water partition coefficient (Wildman–Crippen LogP) is 4.83. The van der Waals surface area contributed by atoms with Crippen LogP contribution in [0.3, 0.4) is 0 Å². The zero-order valence-corrected chi connectivity index (χ0v) is 16.1. The zero-order valence-electron chi connectivity index (χ0n) is 16.1. The molecule has 0 aliphatic carbocycles. The molecule has 29 heavy (non-hydrogen) atoms. The molecule has 1 N–H and O–H groups in total. The highest BCUT2D eigenvalue weighted by atomic mass is 16.2. The molecular formula is C25H20N2O2. The molecule has 0 fully saturated rings. The van der Waals surface area contributed by atoms with E-state index >= 15 is 0 Å². The molecule has 1 heterocycles. The Labute approximate surface area is 168 Å². The normalized spacial score (nSPS) is 13.8. The van der Waals surface area contributed by atoms with Gasteiger partial charge >= 0.3 is 0 Å². The van der Waals surface area contributed by atoms with Gasteiger partial charge in [0.05, 0.1) is 11.7 Å². The van der Waals surface area contributed by atoms with Crippen LogP contribution in [0.4, 0.5) is 5.69 Å². The molecule has 4 aromatic rings. The average molecular weight is 380 g/mol. The molecule has 0 radical (unpaired) electrons. The molecule has 0 bridgehead atoms. The van der Waals surface area contributed by atoms with Crippen LogP contribution < -0.4 is 10.2 Å². The summed E-state index contributed by atoms with van der Waals surface area (Å²) in [6, 6.07) is 25.7. The fraction of sp³-hybridized carbons (Fsp3) is 0.120. The molecule has 1 aliphatic heterocycles. The third kappa shape index (κ3) is 2.93. The number of fused-ring (bicyclic) bond motifs is 1. The highest BCUT2D eigenvalue weighted by molar-refractivity contribution is 6.26. The summed E-state index contributed by atoms with van der Waals surface area (Å²) in [7, 11) is 0. The molecule has 1 unspecified atom stereocenters. The quantitative estimate of drug-likeness (QED) is 0.551. The van der Waals surface area contributed by atoms with Gasteiger partial charge in [0.15, 0.2) is 0 Å². The highest BCUT2D eigenvalue weighted by Gasteiger charge is 2.31. The van der Waals surface area contributed by atoms with Crippen molar-refractivity contribution < 1.29 is 9.59 Å². The number of benzene rings is 4. The topological polar surface area (TPSA) is 49.4 Å². The van der Waals surface area contributed by atoms with Crippen molar-refractivity contribution in [3.8, 4) is 0 Å². The summed E-state index contributed by atoms with van der Waals surface area (Å²) in [5.41, 5.74) is 2.50. The lowest BCUT2D eigenvalue weighted by Gasteiger charge is -2.20. The second-order valence-corrected chi connectivity index (χ2v) is 7.47. The van der Waals surface area contributed by atoms with Crippen molar-refractivity contribution in [3.63, 3.8) is 0 Å². The number of carbonyl (C=O) groups excluding carboxylic acids is 2. The Morgan fingerprint density at radius 1 is 0.897 bits per heavy atom. The van der Waals surface area contributed by atoms with Crippen molar-refractivity contribution in [2.45, 2.75) is 13.0 Å². The Bertz CT molecular complexity index is 1270. The first-order valence-electron chi connectivity index (χ1n) is 9.73. The van der Waals surface area contributed by atoms with E-state index in [1.807, 2.05) is 61.5 Å². The van der Waals surface area contributed by atoms with Gasteiger partial charge in [0.25, 0.3) is 5.91 Å². The molecular weight excluding hydrogens is 360 g/mol. The maximum atomic E-state index is 12.9. The largest absolute Gasteiger partial charge is 0.348 e. The van der Waals surface area contributed by atoms with Crippen LogP contribution in [-0.2, 0) is 4.79 Å². The lowest BCUT2D eigenvalue weighted by molar-refractivity contribution is -0.120. The molecule has 2 amide bonds. The zero-order chi connectivity index (χ0) is 20.0. The molecule has 4 nitrogen and oxygen atoms in total. The van der Waals surface area contributed by atoms with E-state index < -0.39 is 0 Å². The fourth-order valence-corrected chi connectivity index (χ4v) is 4.13. The number of anilines is 1. The van der Waals surface area contributed by atoms with Crippen molar-refractivity contribution in [1.29, 1.82) is 0 Å². The van der Waals surface area contributed by atoms with E-state index in [-0.39, 0.29) is 24.4 Å². The Balaban J connectivity index is 1.35. The summed E-state index contributed by atoms with van der Waals surface area (Å²) < 4.78 is 0. The smallest absolute Gasteiger partial charge is 0.259 e. The molecule has 0 aromatic heterocycles. The van der Waals surface area contributed by atoms with Gasteiger partial charge < -0.3 is 5.32 Å². The van der Waals surface area contributed by atoms with Gasteiger partial charge in [-0.25, -0.2) is 0 Å². The first kappa shape index (κ1) is 17.4. The molecule has 4 heteroatoms. The Kier molecular flexibility index (Phi) is 4.06. The van der Waals surface area contributed by atoms with Crippen LogP contribution in [0, 0.1) is 0 Å². The van der Waals surface area contributed by atoms with E-state index in [1.165, 1.54) is 5.39 Å². The minimum atomic E-state index is -0.177. The van der Waals surface area contributed by atoms with Gasteiger partial charge in [-0.2, -0.15) is 0 Å². The summed E-state index contributed by atoms with van der Waals surface area (Å²) in [5, 5.41) is 7.29. The number of hydrogen-bond acceptors (Lipinski definition) is 2. The number of rotatable bonds is 4. The van der Waals surface area contributed by atoms with Crippen LogP contribution in [0.5, 0.6) is 0 Å². The minimum Gasteiger partial charge on any atom is -0.348 e. The molecule has 0 saturated heterocycles. The van der Waals surface area contributed by atoms with Crippen molar-refractivity contribution in [2.24, 2.45) is 0 Å². The van der Waals surface area contributed by atoms with E-state index in [2.05, 4.69) is 29.6 Å². The van der Waals surface area contributed by atoms with E-state index in [4.69, 9.17) is 0 Å². The Morgan fingerprint density at radius 2 is 1.62 bits per heavy atom. The third-order valence-electron chi connectivity index (χ3n) is 5.60. The lowest BCUT2D eigenvalue weighted by Crippen LogP contribution is -2.39. The maximum absolute atomic E-state index is 12.9. The summed E-state index contributed by atoms with van der Waals surface area (Å²) in [4.78, 5) is 27.2. The maximum Gasteiger partial charge on any atom is 0.259 e. The second-order valence-electron chi connectivity index (χ2n) is 7.47. The van der Waals surface area contributed by atoms with E-state index in [9.17, 15) is 9.59 Å². The van der Waals surface area contributed by atoms with E-state index in [1.54, 1.807) is 4.90 Å². The predicted molar refractivity (Wildman–Crippen MR) is 116 cm³/mol. The van der Waals surface area contributed by atoms with Crippen molar-refractivity contribution in [1.82, 2.24) is 5.32 Å². The lowest BCUT2D eigenvalue weighted by atomic mass is 10.0. The summed E-state index contributed by atoms with van der Waals surface area (Å²) in [6.07, 6.45) is 0. The van der Waals surface area contributed by atoms with Crippen LogP contribution in [0.2, 0.25) is 0 Å². The number of nitrogens with zero attached hydrogens (tertiary/aromatic N) is 1. The minimum absolute atomic E-state index is 0.00451. The number of carbonyl (C=O) groups is 2. The molecule has 142 valence electrons. The summed E-state index contributed by atoms with van der Waals surface area (Å²) in [6.45, 7) is 1.97. The summed E-state index contributed by atoms with van der Waals surface area (Å²) >= 11 is 0. The van der Waals surface area contributed by atoms with Gasteiger partial charge in [-0.05, 0) is 46.8 Å². The first-order valence-corrected chi connectivity index (χ1v) is 9.73. The van der Waals surface area contributed by atoms with Crippen molar-refractivity contribution in [2.75, 3.05) is 11.4 Å². The van der Waals surface area contributed by atoms with Gasteiger partial charge in [0.1, 0.15) is 6.54 Å². The monoisotopic (exact) mass is 380 g/mol. The van der Waals surface area contributed by atoms with Crippen LogP contribution in [-0.4, -0.2) is 18.4 Å². The highest BCUT2D eigenvalue weighted by Crippen LogP contribution is 2.36. The molecule has 0 spiro atoms. The molecule has 1 atom stereocenters. The van der Waals surface area contributed by atoms with Crippen LogP contribution in [0.25, 0.3) is 21.5 Å². The van der Waals surface area contributed by atoms with E-state index in [0.29, 0.717) is 5.56 Å². The SMILES string of the molecule is CC(NC(=O)CN1C(=O)c2cccc3cccc1c23)c1ccc2ccccc2c1. The Hall–Kier alpha value is -3.66. The Morgan fingerprint density at radius 3 is 2.45 bits per heavy atom. The van der Waals surface area contributed by atoms with Crippen LogP contribution in [0.15, 0.2) is 78.9 Å². The standard InChI is InChI=1S/C25H20N2O2/c1-16(19-13-12-17-6-2-3-7-20(17)14-19)26-23(28)15-27-22-11-5-9-18-8-4-10-21(24(18)22)25(27)29/h2-14,16H,15H2,1H3,(H,26,28). The summed E-state index contributed by atoms with van der Waals surface area (Å²) in [5.74, 6) is -0.297. The van der Waals surface area contributed by atoms with E-state index in [0.717, 1.165) is 27.4 Å². The second kappa shape index (κ2) is 6.74. The van der Waals surface area contributed by atoms with Crippen LogP contribution in [0.1, 0.15) is 28.9 Å². The van der Waals surface area contributed by atoms with Crippen molar-refractivity contribution >= 4 is 39.0 Å². The van der Waals surface area contributed by atoms with Gasteiger partial charge in [0, 0.05) is 10.9 Å². The molecule has 5 rings (SSSR count). The number of nitrogens with one attached hydrogen (secondary N) is 1. The van der Waals surface area contributed by atoms with Gasteiger partial charge in [-0.3, -0.25) is 14.5 Å². The fourth-order valence-electron chi connectivity index (χ4n) is 4.13.